The Bertz CT molecular complexity index is 249. The Labute approximate surface area is 85.6 Å². The third kappa shape index (κ3) is 7.48. The van der Waals surface area contributed by atoms with Crippen LogP contribution < -0.4 is 5.32 Å². The van der Waals surface area contributed by atoms with E-state index in [-0.39, 0.29) is 22.0 Å². The molecule has 0 bridgehead atoms. The van der Waals surface area contributed by atoms with Crippen molar-refractivity contribution < 1.29 is 19.2 Å². The standard InChI is InChI=1S/C4H5NO2.C4H6O2S/c6-3-1-2-4(7)5-3;1-3(5)7-4(2)6/h1-2H2,(H,5,6,7);1-2H3/p+1. The lowest BCUT2D eigenvalue weighted by molar-refractivity contribution is -0.124. The van der Waals surface area contributed by atoms with Crippen LogP contribution in [0.4, 0.5) is 0 Å². The lowest BCUT2D eigenvalue weighted by Gasteiger charge is -1.79. The molecule has 14 heavy (non-hydrogen) atoms. The molecule has 5 nitrogen and oxygen atoms in total. The van der Waals surface area contributed by atoms with Gasteiger partial charge in [-0.3, -0.25) is 24.5 Å². The van der Waals surface area contributed by atoms with E-state index >= 15 is 0 Å². The van der Waals surface area contributed by atoms with Gasteiger partial charge < -0.3 is 0 Å². The molecule has 78 valence electrons. The Morgan fingerprint density at radius 1 is 1.29 bits per heavy atom. The Morgan fingerprint density at radius 2 is 1.71 bits per heavy atom. The van der Waals surface area contributed by atoms with E-state index < -0.39 is 0 Å². The van der Waals surface area contributed by atoms with Gasteiger partial charge in [-0.05, 0) is 0 Å². The zero-order chi connectivity index (χ0) is 11.1. The zero-order valence-corrected chi connectivity index (χ0v) is 8.81. The van der Waals surface area contributed by atoms with Crippen molar-refractivity contribution >= 4 is 33.8 Å². The fraction of sp³-hybridized carbons (Fsp3) is 0.500. The van der Waals surface area contributed by atoms with Crippen molar-refractivity contribution in [1.82, 2.24) is 5.32 Å². The fourth-order valence-electron chi connectivity index (χ4n) is 0.716. The van der Waals surface area contributed by atoms with Gasteiger partial charge >= 0.3 is 5.12 Å². The minimum Gasteiger partial charge on any atom is -0.296 e. The maximum atomic E-state index is 10.1. The Kier molecular flexibility index (Phi) is 5.78. The van der Waals surface area contributed by atoms with E-state index in [1.807, 2.05) is 0 Å². The van der Waals surface area contributed by atoms with E-state index in [0.29, 0.717) is 12.8 Å². The summed E-state index contributed by atoms with van der Waals surface area (Å²) >= 11 is 0.843. The van der Waals surface area contributed by atoms with Crippen LogP contribution in [0.5, 0.6) is 0 Å². The van der Waals surface area contributed by atoms with Crippen LogP contribution in [0.2, 0.25) is 0 Å². The number of imide groups is 1. The van der Waals surface area contributed by atoms with Crippen LogP contribution in [0.3, 0.4) is 0 Å². The third-order valence-corrected chi connectivity index (χ3v) is 1.73. The van der Waals surface area contributed by atoms with Crippen molar-refractivity contribution in [2.45, 2.75) is 26.7 Å². The van der Waals surface area contributed by atoms with Gasteiger partial charge in [-0.1, -0.05) is 0 Å². The van der Waals surface area contributed by atoms with Crippen LogP contribution in [0.15, 0.2) is 0 Å². The number of hydrogen-bond acceptors (Lipinski definition) is 4. The highest BCUT2D eigenvalue weighted by atomic mass is 32.2. The number of carbonyl (C=O) groups excluding carboxylic acids is 4. The Hall–Kier alpha value is -1.17. The SMILES string of the molecule is CC(=O)SC(C)=[OH+].O=C1CCC(=O)N1. The average Bonchev–Trinajstić information content (AvgIpc) is 2.32. The second-order valence-corrected chi connectivity index (χ2v) is 3.95. The molecule has 0 aromatic carbocycles. The normalized spacial score (nSPS) is 14.1. The Morgan fingerprint density at radius 3 is 1.79 bits per heavy atom. The molecule has 0 unspecified atom stereocenters. The number of nitrogens with one attached hydrogen (secondary N) is 1. The quantitative estimate of drug-likeness (QED) is 0.465. The fourth-order valence-corrected chi connectivity index (χ4v) is 1.13. The molecule has 2 amide bonds. The minimum absolute atomic E-state index is 0.0833. The third-order valence-electron chi connectivity index (χ3n) is 1.15. The van der Waals surface area contributed by atoms with E-state index in [2.05, 4.69) is 5.32 Å². The topological polar surface area (TPSA) is 84.6 Å². The molecule has 0 radical (unpaired) electrons. The van der Waals surface area contributed by atoms with Gasteiger partial charge in [-0.15, -0.1) is 0 Å². The van der Waals surface area contributed by atoms with Gasteiger partial charge in [0.1, 0.15) is 0 Å². The molecule has 0 atom stereocenters. The summed E-state index contributed by atoms with van der Waals surface area (Å²) in [4.78, 5) is 38.7. The number of thioether (sulfide) groups is 1. The molecule has 1 saturated heterocycles. The summed E-state index contributed by atoms with van der Waals surface area (Å²) in [6.45, 7) is 2.89. The predicted molar refractivity (Wildman–Crippen MR) is 53.3 cm³/mol. The molecule has 1 fully saturated rings. The summed E-state index contributed by atoms with van der Waals surface area (Å²) in [5.41, 5.74) is 0. The number of carbonyl (C=O) groups is 3. The highest BCUT2D eigenvalue weighted by Gasteiger charge is 2.15. The maximum Gasteiger partial charge on any atom is 0.355 e. The summed E-state index contributed by atoms with van der Waals surface area (Å²) in [6, 6.07) is 0. The highest BCUT2D eigenvalue weighted by molar-refractivity contribution is 8.26. The maximum absolute atomic E-state index is 10.1. The molecule has 2 N–H and O–H groups in total. The monoisotopic (exact) mass is 218 g/mol. The van der Waals surface area contributed by atoms with E-state index in [4.69, 9.17) is 4.79 Å². The lowest BCUT2D eigenvalue weighted by atomic mass is 10.4. The van der Waals surface area contributed by atoms with Crippen LogP contribution in [0, 0.1) is 0 Å². The summed E-state index contributed by atoms with van der Waals surface area (Å²) in [7, 11) is 0. The molecule has 0 aliphatic carbocycles. The lowest BCUT2D eigenvalue weighted by Crippen LogP contribution is -2.18. The van der Waals surface area contributed by atoms with Crippen molar-refractivity contribution in [3.05, 3.63) is 0 Å². The van der Waals surface area contributed by atoms with Gasteiger partial charge in [-0.25, -0.2) is 0 Å². The second-order valence-electron chi connectivity index (χ2n) is 2.58. The van der Waals surface area contributed by atoms with Crippen LogP contribution >= 0.6 is 11.8 Å². The smallest absolute Gasteiger partial charge is 0.296 e. The van der Waals surface area contributed by atoms with E-state index in [9.17, 15) is 14.4 Å². The van der Waals surface area contributed by atoms with Crippen molar-refractivity contribution in [2.75, 3.05) is 0 Å². The molecular formula is C8H12NO4S+. The van der Waals surface area contributed by atoms with Gasteiger partial charge in [0, 0.05) is 31.5 Å². The molecule has 0 aromatic rings. The van der Waals surface area contributed by atoms with Gasteiger partial charge in [0.2, 0.25) is 11.8 Å². The van der Waals surface area contributed by atoms with Crippen LogP contribution in [0.1, 0.15) is 26.7 Å². The van der Waals surface area contributed by atoms with Crippen molar-refractivity contribution in [3.63, 3.8) is 0 Å². The van der Waals surface area contributed by atoms with Gasteiger partial charge in [0.15, 0.2) is 5.12 Å². The molecule has 1 aliphatic heterocycles. The minimum atomic E-state index is -0.148. The van der Waals surface area contributed by atoms with E-state index in [1.165, 1.54) is 13.8 Å². The van der Waals surface area contributed by atoms with E-state index in [1.54, 1.807) is 0 Å². The molecule has 1 heterocycles. The largest absolute Gasteiger partial charge is 0.355 e. The first kappa shape index (κ1) is 12.8. The molecule has 1 rings (SSSR count). The first-order valence-corrected chi connectivity index (χ1v) is 4.77. The van der Waals surface area contributed by atoms with Crippen molar-refractivity contribution in [2.24, 2.45) is 0 Å². The predicted octanol–water partition coefficient (Wildman–Crippen LogP) is 0.211. The summed E-state index contributed by atoms with van der Waals surface area (Å²) in [6.07, 6.45) is 0.748. The van der Waals surface area contributed by atoms with Crippen molar-refractivity contribution in [1.29, 1.82) is 0 Å². The van der Waals surface area contributed by atoms with Crippen LogP contribution in [-0.4, -0.2) is 26.8 Å². The zero-order valence-electron chi connectivity index (χ0n) is 7.99. The summed E-state index contributed by atoms with van der Waals surface area (Å²) < 4.78 is 0. The molecular weight excluding hydrogens is 206 g/mol. The van der Waals surface area contributed by atoms with E-state index in [0.717, 1.165) is 11.8 Å². The molecule has 1 aliphatic rings. The first-order valence-electron chi connectivity index (χ1n) is 3.95. The average molecular weight is 218 g/mol. The number of amides is 2. The van der Waals surface area contributed by atoms with Crippen LogP contribution in [0.25, 0.3) is 0 Å². The second kappa shape index (κ2) is 6.31. The Balaban J connectivity index is 0.000000241. The molecule has 0 saturated carbocycles. The van der Waals surface area contributed by atoms with Gasteiger partial charge in [0.25, 0.3) is 0 Å². The molecule has 0 spiro atoms. The first-order chi connectivity index (χ1) is 6.41. The van der Waals surface area contributed by atoms with Gasteiger partial charge in [-0.2, -0.15) is 0 Å². The number of hydrogen-bond donors (Lipinski definition) is 1. The van der Waals surface area contributed by atoms with Gasteiger partial charge in [0.05, 0.1) is 6.92 Å². The molecule has 0 aromatic heterocycles. The number of rotatable bonds is 0. The van der Waals surface area contributed by atoms with Crippen molar-refractivity contribution in [3.8, 4) is 0 Å². The summed E-state index contributed by atoms with van der Waals surface area (Å²) in [5.74, 6) is -0.296. The molecule has 6 heteroatoms. The summed E-state index contributed by atoms with van der Waals surface area (Å²) in [5, 5.41) is 2.16. The van der Waals surface area contributed by atoms with Crippen LogP contribution in [-0.2, 0) is 14.4 Å². The highest BCUT2D eigenvalue weighted by Crippen LogP contribution is 1.99.